The Labute approximate surface area is 62.0 Å². The SMILES string of the molecule is OC(=S)C(O)=S.[Fe]. The second-order valence-electron chi connectivity index (χ2n) is 0.610. The van der Waals surface area contributed by atoms with Gasteiger partial charge in [0.2, 0.25) is 10.1 Å². The van der Waals surface area contributed by atoms with Gasteiger partial charge in [0, 0.05) is 17.1 Å². The maximum atomic E-state index is 7.97. The van der Waals surface area contributed by atoms with E-state index in [4.69, 9.17) is 10.2 Å². The molecule has 0 fully saturated rings. The Morgan fingerprint density at radius 3 is 1.14 bits per heavy atom. The molecule has 42 valence electrons. The minimum Gasteiger partial charge on any atom is -0.496 e. The van der Waals surface area contributed by atoms with Gasteiger partial charge in [-0.3, -0.25) is 0 Å². The first kappa shape index (κ1) is 10.3. The molecule has 2 N–H and O–H groups in total. The molecule has 0 aliphatic rings. The predicted octanol–water partition coefficient (Wildman–Crippen LogP) is 0.755. The van der Waals surface area contributed by atoms with Crippen molar-refractivity contribution in [2.75, 3.05) is 0 Å². The summed E-state index contributed by atoms with van der Waals surface area (Å²) in [6, 6.07) is 0. The summed E-state index contributed by atoms with van der Waals surface area (Å²) in [6.07, 6.45) is 0. The molecule has 7 heavy (non-hydrogen) atoms. The molecule has 0 heterocycles. The van der Waals surface area contributed by atoms with Crippen LogP contribution in [0.5, 0.6) is 0 Å². The summed E-state index contributed by atoms with van der Waals surface area (Å²) in [5, 5.41) is 14.7. The zero-order chi connectivity index (χ0) is 5.15. The summed E-state index contributed by atoms with van der Waals surface area (Å²) >= 11 is 7.97. The topological polar surface area (TPSA) is 40.5 Å². The van der Waals surface area contributed by atoms with E-state index in [1.165, 1.54) is 0 Å². The number of rotatable bonds is 0. The quantitative estimate of drug-likeness (QED) is 0.424. The van der Waals surface area contributed by atoms with Gasteiger partial charge >= 0.3 is 0 Å². The number of aliphatic hydroxyl groups is 2. The summed E-state index contributed by atoms with van der Waals surface area (Å²) in [4.78, 5) is 0. The Bertz CT molecular complexity index is 79.7. The molecular weight excluding hydrogens is 176 g/mol. The third-order valence-electron chi connectivity index (χ3n) is 0.183. The van der Waals surface area contributed by atoms with Gasteiger partial charge in [-0.1, -0.05) is 0 Å². The van der Waals surface area contributed by atoms with E-state index in [0.29, 0.717) is 0 Å². The van der Waals surface area contributed by atoms with Crippen LogP contribution in [0, 0.1) is 0 Å². The van der Waals surface area contributed by atoms with Gasteiger partial charge in [-0.15, -0.1) is 0 Å². The van der Waals surface area contributed by atoms with Crippen LogP contribution in [-0.4, -0.2) is 20.3 Å². The Morgan fingerprint density at radius 1 is 1.00 bits per heavy atom. The fourth-order valence-electron chi connectivity index (χ4n) is 0. The van der Waals surface area contributed by atoms with Gasteiger partial charge in [0.05, 0.1) is 0 Å². The number of hydrogen-bond acceptors (Lipinski definition) is 2. The number of hydrogen-bond donors (Lipinski definition) is 2. The maximum Gasteiger partial charge on any atom is 0.236 e. The van der Waals surface area contributed by atoms with Crippen molar-refractivity contribution in [3.63, 3.8) is 0 Å². The van der Waals surface area contributed by atoms with E-state index in [2.05, 4.69) is 24.4 Å². The summed E-state index contributed by atoms with van der Waals surface area (Å²) in [6.45, 7) is 0. The third kappa shape index (κ3) is 6.30. The van der Waals surface area contributed by atoms with Gasteiger partial charge in [-0.25, -0.2) is 0 Å². The molecule has 0 aliphatic carbocycles. The molecule has 0 unspecified atom stereocenters. The van der Waals surface area contributed by atoms with E-state index in [1.54, 1.807) is 0 Å². The van der Waals surface area contributed by atoms with E-state index in [9.17, 15) is 0 Å². The van der Waals surface area contributed by atoms with E-state index >= 15 is 0 Å². The molecule has 0 rings (SSSR count). The van der Waals surface area contributed by atoms with Crippen LogP contribution in [0.15, 0.2) is 0 Å². The van der Waals surface area contributed by atoms with Crippen LogP contribution in [0.2, 0.25) is 0 Å². The average molecular weight is 178 g/mol. The molecule has 0 aromatic carbocycles. The smallest absolute Gasteiger partial charge is 0.236 e. The van der Waals surface area contributed by atoms with E-state index in [-0.39, 0.29) is 17.1 Å². The maximum absolute atomic E-state index is 7.97. The molecular formula is C2H2FeO2S2. The van der Waals surface area contributed by atoms with E-state index in [1.807, 2.05) is 0 Å². The Balaban J connectivity index is 0. The van der Waals surface area contributed by atoms with Gasteiger partial charge in [0.15, 0.2) is 0 Å². The van der Waals surface area contributed by atoms with E-state index < -0.39 is 10.1 Å². The molecule has 2 nitrogen and oxygen atoms in total. The van der Waals surface area contributed by atoms with Crippen LogP contribution in [0.4, 0.5) is 0 Å². The zero-order valence-corrected chi connectivity index (χ0v) is 5.80. The third-order valence-corrected chi connectivity index (χ3v) is 0.699. The monoisotopic (exact) mass is 178 g/mol. The molecule has 5 heteroatoms. The van der Waals surface area contributed by atoms with Crippen molar-refractivity contribution < 1.29 is 27.3 Å². The number of aliphatic hydroxyl groups excluding tert-OH is 2. The standard InChI is InChI=1S/C2H2O2S2.Fe/c3-1(5)2(4)6;/h(H,3,5)(H,4,6);. The van der Waals surface area contributed by atoms with Gasteiger partial charge < -0.3 is 10.2 Å². The van der Waals surface area contributed by atoms with Gasteiger partial charge in [0.1, 0.15) is 0 Å². The summed E-state index contributed by atoms with van der Waals surface area (Å²) in [5.41, 5.74) is 0. The average Bonchev–Trinajstić information content (AvgIpc) is 1.36. The Hall–Kier alpha value is 0.299. The molecule has 0 atom stereocenters. The van der Waals surface area contributed by atoms with E-state index in [0.717, 1.165) is 0 Å². The molecule has 0 aliphatic heterocycles. The molecule has 0 saturated heterocycles. The van der Waals surface area contributed by atoms with Crippen molar-refractivity contribution in [2.45, 2.75) is 0 Å². The van der Waals surface area contributed by atoms with Crippen LogP contribution in [0.25, 0.3) is 0 Å². The molecule has 0 saturated carbocycles. The second-order valence-corrected chi connectivity index (χ2v) is 1.38. The molecule has 0 aromatic heterocycles. The van der Waals surface area contributed by atoms with Gasteiger partial charge in [0.25, 0.3) is 0 Å². The minimum absolute atomic E-state index is 0. The molecule has 0 spiro atoms. The summed E-state index contributed by atoms with van der Waals surface area (Å²) in [5.74, 6) is 0. The second kappa shape index (κ2) is 4.46. The fourth-order valence-corrected chi connectivity index (χ4v) is 0. The van der Waals surface area contributed by atoms with Crippen LogP contribution in [-0.2, 0) is 17.1 Å². The Kier molecular flexibility index (Phi) is 6.57. The zero-order valence-electron chi connectivity index (χ0n) is 3.06. The Morgan fingerprint density at radius 2 is 1.14 bits per heavy atom. The minimum atomic E-state index is -0.620. The molecule has 0 amide bonds. The van der Waals surface area contributed by atoms with Crippen molar-refractivity contribution in [1.82, 2.24) is 0 Å². The first-order valence-corrected chi connectivity index (χ1v) is 1.92. The summed E-state index contributed by atoms with van der Waals surface area (Å²) in [7, 11) is 0. The summed E-state index contributed by atoms with van der Waals surface area (Å²) < 4.78 is 0. The molecule has 0 radical (unpaired) electrons. The number of thiocarbonyl (C=S) groups is 2. The van der Waals surface area contributed by atoms with Crippen molar-refractivity contribution in [3.8, 4) is 0 Å². The van der Waals surface area contributed by atoms with Crippen molar-refractivity contribution in [2.24, 2.45) is 0 Å². The predicted molar refractivity (Wildman–Crippen MR) is 30.5 cm³/mol. The molecule has 0 bridgehead atoms. The van der Waals surface area contributed by atoms with Crippen LogP contribution in [0.1, 0.15) is 0 Å². The molecule has 0 aromatic rings. The van der Waals surface area contributed by atoms with Gasteiger partial charge in [-0.2, -0.15) is 0 Å². The van der Waals surface area contributed by atoms with Gasteiger partial charge in [-0.05, 0) is 24.4 Å². The van der Waals surface area contributed by atoms with Crippen molar-refractivity contribution in [1.29, 1.82) is 0 Å². The van der Waals surface area contributed by atoms with Crippen molar-refractivity contribution >= 4 is 34.5 Å². The van der Waals surface area contributed by atoms with Crippen LogP contribution >= 0.6 is 24.4 Å². The first-order chi connectivity index (χ1) is 2.64. The normalized spacial score (nSPS) is 6.29. The largest absolute Gasteiger partial charge is 0.496 e. The van der Waals surface area contributed by atoms with Crippen molar-refractivity contribution in [3.05, 3.63) is 0 Å². The fraction of sp³-hybridized carbons (Fsp3) is 0. The van der Waals surface area contributed by atoms with Crippen LogP contribution < -0.4 is 0 Å². The first-order valence-electron chi connectivity index (χ1n) is 1.11. The van der Waals surface area contributed by atoms with Crippen LogP contribution in [0.3, 0.4) is 0 Å².